The minimum Gasteiger partial charge on any atom is -0.375 e. The highest BCUT2D eigenvalue weighted by molar-refractivity contribution is 5.47. The molecule has 0 saturated carbocycles. The first-order valence-electron chi connectivity index (χ1n) is 8.42. The van der Waals surface area contributed by atoms with E-state index in [0.29, 0.717) is 5.82 Å². The third-order valence-electron chi connectivity index (χ3n) is 4.96. The average Bonchev–Trinajstić information content (AvgIpc) is 3.07. The fraction of sp³-hybridized carbons (Fsp3) is 0.500. The number of rotatable bonds is 3. The molecule has 0 amide bonds. The summed E-state index contributed by atoms with van der Waals surface area (Å²) in [6, 6.07) is 5.78. The van der Waals surface area contributed by atoms with Gasteiger partial charge in [0.2, 0.25) is 0 Å². The van der Waals surface area contributed by atoms with Gasteiger partial charge >= 0.3 is 0 Å². The Balaban J connectivity index is 1.36. The zero-order valence-electron chi connectivity index (χ0n) is 13.3. The summed E-state index contributed by atoms with van der Waals surface area (Å²) in [5.41, 5.74) is 2.17. The van der Waals surface area contributed by atoms with Crippen LogP contribution in [0.1, 0.15) is 31.2 Å². The summed E-state index contributed by atoms with van der Waals surface area (Å²) in [5, 5.41) is 0. The maximum atomic E-state index is 5.99. The molecule has 5 nitrogen and oxygen atoms in total. The van der Waals surface area contributed by atoms with Crippen molar-refractivity contribution in [2.24, 2.45) is 0 Å². The van der Waals surface area contributed by atoms with Crippen molar-refractivity contribution in [2.45, 2.75) is 37.8 Å². The molecule has 4 rings (SSSR count). The molecule has 0 unspecified atom stereocenters. The standard InChI is InChI=1S/C18H22N4O/c1-2-8-19-16(4-1)17-20-12-15(13-21-17)14-22-9-6-18(7-10-22)5-3-11-23-18/h1-2,4,8,12-13H,3,5-7,9-11,14H2. The fourth-order valence-electron chi connectivity index (χ4n) is 3.59. The molecule has 0 aliphatic carbocycles. The molecule has 1 spiro atoms. The van der Waals surface area contributed by atoms with Gasteiger partial charge in [0.1, 0.15) is 5.69 Å². The van der Waals surface area contributed by atoms with Crippen molar-refractivity contribution in [3.05, 3.63) is 42.4 Å². The van der Waals surface area contributed by atoms with E-state index in [1.165, 1.54) is 12.8 Å². The highest BCUT2D eigenvalue weighted by Crippen LogP contribution is 2.35. The summed E-state index contributed by atoms with van der Waals surface area (Å²) in [5.74, 6) is 0.686. The van der Waals surface area contributed by atoms with Gasteiger partial charge in [0.05, 0.1) is 5.60 Å². The predicted molar refractivity (Wildman–Crippen MR) is 87.7 cm³/mol. The molecule has 5 heteroatoms. The second kappa shape index (κ2) is 6.34. The molecule has 2 aliphatic heterocycles. The van der Waals surface area contributed by atoms with Crippen LogP contribution in [0, 0.1) is 0 Å². The maximum Gasteiger partial charge on any atom is 0.178 e. The SMILES string of the molecule is c1ccc(-c2ncc(CN3CCC4(CCCO4)CC3)cn2)nc1. The van der Waals surface area contributed by atoms with E-state index in [1.807, 2.05) is 30.6 Å². The molecule has 0 bridgehead atoms. The van der Waals surface area contributed by atoms with E-state index < -0.39 is 0 Å². The van der Waals surface area contributed by atoms with Crippen molar-refractivity contribution in [3.8, 4) is 11.5 Å². The van der Waals surface area contributed by atoms with Crippen LogP contribution >= 0.6 is 0 Å². The van der Waals surface area contributed by atoms with Crippen molar-refractivity contribution in [2.75, 3.05) is 19.7 Å². The smallest absolute Gasteiger partial charge is 0.178 e. The van der Waals surface area contributed by atoms with Gasteiger partial charge in [-0.1, -0.05) is 6.07 Å². The number of nitrogens with zero attached hydrogens (tertiary/aromatic N) is 4. The Kier molecular flexibility index (Phi) is 4.06. The van der Waals surface area contributed by atoms with E-state index >= 15 is 0 Å². The Labute approximate surface area is 136 Å². The van der Waals surface area contributed by atoms with E-state index in [2.05, 4.69) is 19.9 Å². The first kappa shape index (κ1) is 14.7. The van der Waals surface area contributed by atoms with Crippen LogP contribution in [-0.2, 0) is 11.3 Å². The molecule has 2 aromatic heterocycles. The van der Waals surface area contributed by atoms with Crippen molar-refractivity contribution in [1.29, 1.82) is 0 Å². The largest absolute Gasteiger partial charge is 0.375 e. The Morgan fingerprint density at radius 2 is 1.87 bits per heavy atom. The van der Waals surface area contributed by atoms with Gasteiger partial charge in [0.25, 0.3) is 0 Å². The van der Waals surface area contributed by atoms with E-state index in [9.17, 15) is 0 Å². The summed E-state index contributed by atoms with van der Waals surface area (Å²) in [6.45, 7) is 4.06. The van der Waals surface area contributed by atoms with Crippen LogP contribution in [0.25, 0.3) is 11.5 Å². The maximum absolute atomic E-state index is 5.99. The van der Waals surface area contributed by atoms with Crippen molar-refractivity contribution >= 4 is 0 Å². The third-order valence-corrected chi connectivity index (χ3v) is 4.96. The number of ether oxygens (including phenoxy) is 1. The number of hydrogen-bond donors (Lipinski definition) is 0. The monoisotopic (exact) mass is 310 g/mol. The van der Waals surface area contributed by atoms with Gasteiger partial charge in [-0.2, -0.15) is 0 Å². The van der Waals surface area contributed by atoms with Gasteiger partial charge < -0.3 is 4.74 Å². The molecular formula is C18H22N4O. The summed E-state index contributed by atoms with van der Waals surface area (Å²) in [6.07, 6.45) is 10.4. The molecule has 2 saturated heterocycles. The summed E-state index contributed by atoms with van der Waals surface area (Å²) in [4.78, 5) is 15.7. The molecule has 120 valence electrons. The lowest BCUT2D eigenvalue weighted by atomic mass is 9.88. The van der Waals surface area contributed by atoms with Crippen LogP contribution in [0.3, 0.4) is 0 Å². The zero-order valence-corrected chi connectivity index (χ0v) is 13.3. The summed E-state index contributed by atoms with van der Waals surface area (Å²) in [7, 11) is 0. The Morgan fingerprint density at radius 3 is 2.52 bits per heavy atom. The van der Waals surface area contributed by atoms with E-state index in [0.717, 1.165) is 50.3 Å². The van der Waals surface area contributed by atoms with Gasteiger partial charge in [-0.25, -0.2) is 9.97 Å². The summed E-state index contributed by atoms with van der Waals surface area (Å²) >= 11 is 0. The second-order valence-electron chi connectivity index (χ2n) is 6.54. The lowest BCUT2D eigenvalue weighted by Crippen LogP contribution is -2.43. The lowest BCUT2D eigenvalue weighted by molar-refractivity contribution is -0.0447. The Bertz CT molecular complexity index is 628. The van der Waals surface area contributed by atoms with Crippen LogP contribution in [0.5, 0.6) is 0 Å². The molecule has 2 fully saturated rings. The molecule has 0 N–H and O–H groups in total. The average molecular weight is 310 g/mol. The molecular weight excluding hydrogens is 288 g/mol. The van der Waals surface area contributed by atoms with E-state index in [1.54, 1.807) is 6.20 Å². The predicted octanol–water partition coefficient (Wildman–Crippen LogP) is 2.68. The Morgan fingerprint density at radius 1 is 1.04 bits per heavy atom. The molecule has 2 aliphatic rings. The normalized spacial score (nSPS) is 20.9. The molecule has 0 atom stereocenters. The highest BCUT2D eigenvalue weighted by Gasteiger charge is 2.38. The van der Waals surface area contributed by atoms with Crippen molar-refractivity contribution in [3.63, 3.8) is 0 Å². The highest BCUT2D eigenvalue weighted by atomic mass is 16.5. The van der Waals surface area contributed by atoms with Crippen LogP contribution in [0.2, 0.25) is 0 Å². The van der Waals surface area contributed by atoms with Crippen LogP contribution in [0.4, 0.5) is 0 Å². The molecule has 23 heavy (non-hydrogen) atoms. The van der Waals surface area contributed by atoms with E-state index in [4.69, 9.17) is 4.74 Å². The summed E-state index contributed by atoms with van der Waals surface area (Å²) < 4.78 is 5.99. The topological polar surface area (TPSA) is 51.1 Å². The van der Waals surface area contributed by atoms with Gasteiger partial charge in [-0.3, -0.25) is 9.88 Å². The fourth-order valence-corrected chi connectivity index (χ4v) is 3.59. The number of hydrogen-bond acceptors (Lipinski definition) is 5. The molecule has 0 radical (unpaired) electrons. The zero-order chi connectivity index (χ0) is 15.5. The minimum atomic E-state index is 0.190. The molecule has 4 heterocycles. The van der Waals surface area contributed by atoms with Gasteiger partial charge in [0.15, 0.2) is 5.82 Å². The van der Waals surface area contributed by atoms with Gasteiger partial charge in [-0.05, 0) is 37.8 Å². The van der Waals surface area contributed by atoms with Crippen LogP contribution in [0.15, 0.2) is 36.8 Å². The van der Waals surface area contributed by atoms with E-state index in [-0.39, 0.29) is 5.60 Å². The van der Waals surface area contributed by atoms with Crippen molar-refractivity contribution in [1.82, 2.24) is 19.9 Å². The number of likely N-dealkylation sites (tertiary alicyclic amines) is 1. The second-order valence-corrected chi connectivity index (χ2v) is 6.54. The van der Waals surface area contributed by atoms with Gasteiger partial charge in [0, 0.05) is 50.4 Å². The first-order chi connectivity index (χ1) is 11.3. The molecule has 2 aromatic rings. The number of piperidine rings is 1. The van der Waals surface area contributed by atoms with Crippen molar-refractivity contribution < 1.29 is 4.74 Å². The minimum absolute atomic E-state index is 0.190. The number of pyridine rings is 1. The van der Waals surface area contributed by atoms with Gasteiger partial charge in [-0.15, -0.1) is 0 Å². The lowest BCUT2D eigenvalue weighted by Gasteiger charge is -2.38. The Hall–Kier alpha value is -1.85. The third kappa shape index (κ3) is 3.26. The van der Waals surface area contributed by atoms with Crippen LogP contribution < -0.4 is 0 Å². The quantitative estimate of drug-likeness (QED) is 0.872. The molecule has 0 aromatic carbocycles. The number of aromatic nitrogens is 3. The first-order valence-corrected chi connectivity index (χ1v) is 8.42. The van der Waals surface area contributed by atoms with Crippen LogP contribution in [-0.4, -0.2) is 45.1 Å².